The third-order valence-corrected chi connectivity index (χ3v) is 3.82. The molecule has 6 heteroatoms. The van der Waals surface area contributed by atoms with Gasteiger partial charge in [-0.05, 0) is 44.5 Å². The molecular formula is C19H22N2O4. The van der Waals surface area contributed by atoms with Crippen molar-refractivity contribution in [1.29, 1.82) is 0 Å². The quantitative estimate of drug-likeness (QED) is 0.867. The number of carbonyl (C=O) groups is 2. The lowest BCUT2D eigenvalue weighted by Gasteiger charge is -2.22. The van der Waals surface area contributed by atoms with E-state index in [9.17, 15) is 14.7 Å². The number of ether oxygens (including phenoxy) is 1. The summed E-state index contributed by atoms with van der Waals surface area (Å²) >= 11 is 0. The average Bonchev–Trinajstić information content (AvgIpc) is 2.58. The van der Waals surface area contributed by atoms with Gasteiger partial charge < -0.3 is 9.84 Å². The van der Waals surface area contributed by atoms with Crippen LogP contribution in [0.15, 0.2) is 48.5 Å². The number of aryl methyl sites for hydroxylation is 1. The number of carboxylic acid groups (broad SMARTS) is 1. The Morgan fingerprint density at radius 3 is 2.28 bits per heavy atom. The van der Waals surface area contributed by atoms with Crippen LogP contribution in [0.2, 0.25) is 0 Å². The fourth-order valence-electron chi connectivity index (χ4n) is 2.56. The van der Waals surface area contributed by atoms with Crippen LogP contribution in [0, 0.1) is 6.92 Å². The third-order valence-electron chi connectivity index (χ3n) is 3.82. The van der Waals surface area contributed by atoms with Gasteiger partial charge in [-0.15, -0.1) is 0 Å². The Morgan fingerprint density at radius 2 is 1.68 bits per heavy atom. The van der Waals surface area contributed by atoms with Gasteiger partial charge in [0.15, 0.2) is 0 Å². The molecule has 0 fully saturated rings. The summed E-state index contributed by atoms with van der Waals surface area (Å²) in [6, 6.07) is 14.1. The smallest absolute Gasteiger partial charge is 0.419 e. The lowest BCUT2D eigenvalue weighted by atomic mass is 10.2. The molecule has 0 aliphatic carbocycles. The fraction of sp³-hybridized carbons (Fsp3) is 0.263. The van der Waals surface area contributed by atoms with Crippen molar-refractivity contribution in [2.45, 2.75) is 20.8 Å². The van der Waals surface area contributed by atoms with Gasteiger partial charge in [0.1, 0.15) is 5.75 Å². The van der Waals surface area contributed by atoms with Gasteiger partial charge >= 0.3 is 12.2 Å². The van der Waals surface area contributed by atoms with Crippen molar-refractivity contribution in [2.24, 2.45) is 0 Å². The molecule has 0 heterocycles. The first-order valence-electron chi connectivity index (χ1n) is 8.13. The Morgan fingerprint density at radius 1 is 1.00 bits per heavy atom. The highest BCUT2D eigenvalue weighted by atomic mass is 16.6. The van der Waals surface area contributed by atoms with Crippen LogP contribution in [0.3, 0.4) is 0 Å². The number of para-hydroxylation sites is 1. The van der Waals surface area contributed by atoms with E-state index in [-0.39, 0.29) is 0 Å². The second-order valence-electron chi connectivity index (χ2n) is 5.42. The van der Waals surface area contributed by atoms with E-state index in [1.807, 2.05) is 38.1 Å². The first-order chi connectivity index (χ1) is 12.0. The molecule has 2 aromatic rings. The van der Waals surface area contributed by atoms with Gasteiger partial charge in [-0.2, -0.15) is 0 Å². The molecule has 0 aromatic heterocycles. The molecule has 0 atom stereocenters. The molecule has 0 aliphatic heterocycles. The van der Waals surface area contributed by atoms with Gasteiger partial charge in [0.05, 0.1) is 5.69 Å². The molecule has 132 valence electrons. The molecule has 2 amide bonds. The van der Waals surface area contributed by atoms with Crippen molar-refractivity contribution in [1.82, 2.24) is 0 Å². The van der Waals surface area contributed by atoms with E-state index in [1.54, 1.807) is 31.2 Å². The minimum absolute atomic E-state index is 0.300. The van der Waals surface area contributed by atoms with Crippen LogP contribution in [0.25, 0.3) is 0 Å². The molecule has 2 aromatic carbocycles. The van der Waals surface area contributed by atoms with Gasteiger partial charge in [0.25, 0.3) is 0 Å². The second kappa shape index (κ2) is 8.19. The van der Waals surface area contributed by atoms with Crippen LogP contribution in [0.4, 0.5) is 21.0 Å². The highest BCUT2D eigenvalue weighted by Gasteiger charge is 2.19. The van der Waals surface area contributed by atoms with E-state index in [0.29, 0.717) is 24.5 Å². The van der Waals surface area contributed by atoms with Crippen LogP contribution in [-0.4, -0.2) is 30.4 Å². The van der Waals surface area contributed by atoms with Gasteiger partial charge in [0, 0.05) is 24.8 Å². The number of rotatable bonds is 5. The zero-order valence-electron chi connectivity index (χ0n) is 14.6. The summed E-state index contributed by atoms with van der Waals surface area (Å²) in [5.41, 5.74) is 2.21. The zero-order chi connectivity index (χ0) is 18.4. The van der Waals surface area contributed by atoms with Crippen molar-refractivity contribution in [3.63, 3.8) is 0 Å². The van der Waals surface area contributed by atoms with E-state index in [1.165, 1.54) is 9.80 Å². The summed E-state index contributed by atoms with van der Waals surface area (Å²) in [5, 5.41) is 9.21. The van der Waals surface area contributed by atoms with Gasteiger partial charge in [-0.25, -0.2) is 9.59 Å². The molecule has 6 nitrogen and oxygen atoms in total. The van der Waals surface area contributed by atoms with Gasteiger partial charge in [-0.3, -0.25) is 9.80 Å². The standard InChI is InChI=1S/C19H22N2O4/c1-4-20(18(22)23)15-10-8-11-16(13-15)25-19(24)21(5-2)17-12-7-6-9-14(17)3/h6-13H,4-5H2,1-3H3,(H,22,23). The summed E-state index contributed by atoms with van der Waals surface area (Å²) < 4.78 is 5.46. The monoisotopic (exact) mass is 342 g/mol. The number of hydrogen-bond acceptors (Lipinski definition) is 3. The first kappa shape index (κ1) is 18.3. The lowest BCUT2D eigenvalue weighted by Crippen LogP contribution is -2.34. The van der Waals surface area contributed by atoms with E-state index in [0.717, 1.165) is 11.3 Å². The van der Waals surface area contributed by atoms with Gasteiger partial charge in [-0.1, -0.05) is 24.3 Å². The van der Waals surface area contributed by atoms with Crippen LogP contribution >= 0.6 is 0 Å². The third kappa shape index (κ3) is 4.29. The molecule has 0 saturated carbocycles. The van der Waals surface area contributed by atoms with E-state index < -0.39 is 12.2 Å². The normalized spacial score (nSPS) is 10.2. The molecule has 0 radical (unpaired) electrons. The predicted molar refractivity (Wildman–Crippen MR) is 97.7 cm³/mol. The number of anilines is 2. The van der Waals surface area contributed by atoms with Crippen molar-refractivity contribution in [3.8, 4) is 5.75 Å². The van der Waals surface area contributed by atoms with E-state index in [2.05, 4.69) is 0 Å². The number of nitrogens with zero attached hydrogens (tertiary/aromatic N) is 2. The summed E-state index contributed by atoms with van der Waals surface area (Å²) in [6.45, 7) is 6.30. The Bertz CT molecular complexity index is 761. The molecule has 1 N–H and O–H groups in total. The Labute approximate surface area is 147 Å². The highest BCUT2D eigenvalue weighted by Crippen LogP contribution is 2.24. The minimum atomic E-state index is -1.05. The zero-order valence-corrected chi connectivity index (χ0v) is 14.6. The van der Waals surface area contributed by atoms with Crippen molar-refractivity contribution >= 4 is 23.6 Å². The molecule has 0 aliphatic rings. The predicted octanol–water partition coefficient (Wildman–Crippen LogP) is 4.52. The Kier molecular flexibility index (Phi) is 6.00. The highest BCUT2D eigenvalue weighted by molar-refractivity contribution is 5.90. The maximum atomic E-state index is 12.6. The van der Waals surface area contributed by atoms with Crippen LogP contribution in [0.5, 0.6) is 5.75 Å². The number of benzene rings is 2. The molecule has 0 bridgehead atoms. The summed E-state index contributed by atoms with van der Waals surface area (Å²) in [6.07, 6.45) is -1.56. The number of hydrogen-bond donors (Lipinski definition) is 1. The second-order valence-corrected chi connectivity index (χ2v) is 5.42. The lowest BCUT2D eigenvalue weighted by molar-refractivity contribution is 0.202. The molecule has 0 spiro atoms. The van der Waals surface area contributed by atoms with Gasteiger partial charge in [0.2, 0.25) is 0 Å². The molecular weight excluding hydrogens is 320 g/mol. The van der Waals surface area contributed by atoms with Crippen molar-refractivity contribution < 1.29 is 19.4 Å². The molecule has 0 unspecified atom stereocenters. The maximum Gasteiger partial charge on any atom is 0.419 e. The number of carbonyl (C=O) groups excluding carboxylic acids is 1. The summed E-state index contributed by atoms with van der Waals surface area (Å²) in [7, 11) is 0. The number of amides is 2. The molecule has 25 heavy (non-hydrogen) atoms. The van der Waals surface area contributed by atoms with Crippen LogP contribution in [-0.2, 0) is 0 Å². The van der Waals surface area contributed by atoms with E-state index in [4.69, 9.17) is 4.74 Å². The van der Waals surface area contributed by atoms with Crippen LogP contribution in [0.1, 0.15) is 19.4 Å². The topological polar surface area (TPSA) is 70.1 Å². The maximum absolute atomic E-state index is 12.6. The first-order valence-corrected chi connectivity index (χ1v) is 8.13. The molecule has 2 rings (SSSR count). The SMILES string of the molecule is CCN(C(=O)O)c1cccc(OC(=O)N(CC)c2ccccc2C)c1. The van der Waals surface area contributed by atoms with Crippen LogP contribution < -0.4 is 14.5 Å². The largest absolute Gasteiger partial charge is 0.465 e. The minimum Gasteiger partial charge on any atom is -0.465 e. The Balaban J connectivity index is 2.22. The fourth-order valence-corrected chi connectivity index (χ4v) is 2.56. The van der Waals surface area contributed by atoms with Crippen molar-refractivity contribution in [3.05, 3.63) is 54.1 Å². The summed E-state index contributed by atoms with van der Waals surface area (Å²) in [4.78, 5) is 26.5. The molecule has 0 saturated heterocycles. The summed E-state index contributed by atoms with van der Waals surface area (Å²) in [5.74, 6) is 0.300. The van der Waals surface area contributed by atoms with E-state index >= 15 is 0 Å². The Hall–Kier alpha value is -3.02. The van der Waals surface area contributed by atoms with Crippen molar-refractivity contribution in [2.75, 3.05) is 22.9 Å². The average molecular weight is 342 g/mol.